The highest BCUT2D eigenvalue weighted by Crippen LogP contribution is 2.34. The van der Waals surface area contributed by atoms with Crippen molar-refractivity contribution < 1.29 is 23.1 Å². The number of aliphatic hydroxyl groups is 1. The van der Waals surface area contributed by atoms with E-state index in [2.05, 4.69) is 15.4 Å². The predicted molar refractivity (Wildman–Crippen MR) is 130 cm³/mol. The van der Waals surface area contributed by atoms with Gasteiger partial charge in [-0.1, -0.05) is 42.5 Å². The molecule has 0 aliphatic rings. The van der Waals surface area contributed by atoms with E-state index in [-0.39, 0.29) is 12.5 Å². The molecule has 1 unspecified atom stereocenters. The zero-order valence-corrected chi connectivity index (χ0v) is 19.8. The second-order valence-corrected chi connectivity index (χ2v) is 8.88. The van der Waals surface area contributed by atoms with Gasteiger partial charge < -0.3 is 10.4 Å². The van der Waals surface area contributed by atoms with Crippen LogP contribution >= 0.6 is 0 Å². The van der Waals surface area contributed by atoms with Gasteiger partial charge >= 0.3 is 6.18 Å². The van der Waals surface area contributed by atoms with Crippen LogP contribution in [0.2, 0.25) is 0 Å². The standard InChI is InChI=1S/C27H27F3N4O2/c1-26(17-19-7-3-2-4-8-19,25(36)32-14-5-6-16-35)23-13-15-31-24-22(18-33-34(23)24)20-9-11-21(12-10-20)27(28,29)30/h2-4,7-13,15,18,35H,5-6,14,16-17H2,1H3,(H,32,36). The van der Waals surface area contributed by atoms with Crippen molar-refractivity contribution in [3.63, 3.8) is 0 Å². The van der Waals surface area contributed by atoms with Crippen LogP contribution in [-0.4, -0.2) is 38.8 Å². The molecule has 0 bridgehead atoms. The number of amides is 1. The number of aromatic nitrogens is 3. The molecule has 0 aliphatic carbocycles. The molecule has 1 atom stereocenters. The van der Waals surface area contributed by atoms with Gasteiger partial charge in [0.15, 0.2) is 5.65 Å². The third kappa shape index (κ3) is 5.26. The Morgan fingerprint density at radius 2 is 1.75 bits per heavy atom. The summed E-state index contributed by atoms with van der Waals surface area (Å²) in [4.78, 5) is 18.0. The molecule has 2 aromatic heterocycles. The predicted octanol–water partition coefficient (Wildman–Crippen LogP) is 4.80. The van der Waals surface area contributed by atoms with Gasteiger partial charge in [-0.2, -0.15) is 18.3 Å². The van der Waals surface area contributed by atoms with E-state index in [1.165, 1.54) is 12.1 Å². The van der Waals surface area contributed by atoms with Crippen molar-refractivity contribution in [3.8, 4) is 11.1 Å². The average Bonchev–Trinajstić information content (AvgIpc) is 3.31. The second kappa shape index (κ2) is 10.5. The molecule has 0 fully saturated rings. The quantitative estimate of drug-likeness (QED) is 0.326. The minimum Gasteiger partial charge on any atom is -0.396 e. The third-order valence-electron chi connectivity index (χ3n) is 6.26. The zero-order valence-electron chi connectivity index (χ0n) is 19.8. The van der Waals surface area contributed by atoms with Crippen LogP contribution in [0.5, 0.6) is 0 Å². The van der Waals surface area contributed by atoms with Gasteiger partial charge in [0.25, 0.3) is 0 Å². The lowest BCUT2D eigenvalue weighted by molar-refractivity contribution is -0.137. The molecule has 4 rings (SSSR count). The van der Waals surface area contributed by atoms with Crippen molar-refractivity contribution in [1.29, 1.82) is 0 Å². The maximum Gasteiger partial charge on any atom is 0.416 e. The van der Waals surface area contributed by atoms with Gasteiger partial charge in [0, 0.05) is 24.9 Å². The maximum absolute atomic E-state index is 13.5. The number of fused-ring (bicyclic) bond motifs is 1. The highest BCUT2D eigenvalue weighted by molar-refractivity contribution is 5.88. The SMILES string of the molecule is CC(Cc1ccccc1)(C(=O)NCCCCO)c1ccnc2c(-c3ccc(C(F)(F)F)cc3)cnn12. The molecule has 0 radical (unpaired) electrons. The fraction of sp³-hybridized carbons (Fsp3) is 0.296. The summed E-state index contributed by atoms with van der Waals surface area (Å²) in [5.74, 6) is -0.191. The first-order valence-corrected chi connectivity index (χ1v) is 11.7. The summed E-state index contributed by atoms with van der Waals surface area (Å²) >= 11 is 0. The average molecular weight is 497 g/mol. The van der Waals surface area contributed by atoms with Crippen molar-refractivity contribution >= 4 is 11.6 Å². The van der Waals surface area contributed by atoms with E-state index in [1.807, 2.05) is 37.3 Å². The lowest BCUT2D eigenvalue weighted by atomic mass is 9.79. The van der Waals surface area contributed by atoms with Crippen LogP contribution < -0.4 is 5.32 Å². The number of hydrogen-bond acceptors (Lipinski definition) is 4. The van der Waals surface area contributed by atoms with Crippen LogP contribution in [0.15, 0.2) is 73.1 Å². The Kier molecular flexibility index (Phi) is 7.40. The lowest BCUT2D eigenvalue weighted by Crippen LogP contribution is -2.45. The van der Waals surface area contributed by atoms with Gasteiger partial charge in [-0.05, 0) is 55.5 Å². The first kappa shape index (κ1) is 25.4. The number of rotatable bonds is 9. The third-order valence-corrected chi connectivity index (χ3v) is 6.26. The Bertz CT molecular complexity index is 1320. The van der Waals surface area contributed by atoms with E-state index in [4.69, 9.17) is 5.11 Å². The summed E-state index contributed by atoms with van der Waals surface area (Å²) in [5, 5.41) is 16.5. The summed E-state index contributed by atoms with van der Waals surface area (Å²) in [6.45, 7) is 2.33. The number of nitrogens with zero attached hydrogens (tertiary/aromatic N) is 3. The summed E-state index contributed by atoms with van der Waals surface area (Å²) < 4.78 is 40.6. The maximum atomic E-state index is 13.5. The topological polar surface area (TPSA) is 79.5 Å². The molecule has 2 heterocycles. The van der Waals surface area contributed by atoms with Crippen molar-refractivity contribution in [2.45, 2.75) is 37.8 Å². The van der Waals surface area contributed by atoms with Crippen LogP contribution in [-0.2, 0) is 22.8 Å². The minimum atomic E-state index is -4.42. The molecule has 6 nitrogen and oxygen atoms in total. The molecular weight excluding hydrogens is 469 g/mol. The van der Waals surface area contributed by atoms with E-state index in [0.29, 0.717) is 48.3 Å². The fourth-order valence-electron chi connectivity index (χ4n) is 4.28. The van der Waals surface area contributed by atoms with E-state index < -0.39 is 17.2 Å². The van der Waals surface area contributed by atoms with Gasteiger partial charge in [0.05, 0.1) is 22.9 Å². The van der Waals surface area contributed by atoms with Crippen molar-refractivity contribution in [2.24, 2.45) is 0 Å². The Hall–Kier alpha value is -3.72. The summed E-state index contributed by atoms with van der Waals surface area (Å²) in [7, 11) is 0. The second-order valence-electron chi connectivity index (χ2n) is 8.88. The van der Waals surface area contributed by atoms with Crippen LogP contribution in [0, 0.1) is 0 Å². The molecule has 0 saturated heterocycles. The van der Waals surface area contributed by atoms with Gasteiger partial charge in [-0.3, -0.25) is 4.79 Å². The number of hydrogen-bond donors (Lipinski definition) is 2. The molecule has 0 saturated carbocycles. The number of carbonyl (C=O) groups excluding carboxylic acids is 1. The summed E-state index contributed by atoms with van der Waals surface area (Å²) in [6, 6.07) is 16.2. The van der Waals surface area contributed by atoms with Crippen LogP contribution in [0.1, 0.15) is 36.6 Å². The lowest BCUT2D eigenvalue weighted by Gasteiger charge is -2.29. The number of halogens is 3. The van der Waals surface area contributed by atoms with E-state index in [0.717, 1.165) is 17.7 Å². The van der Waals surface area contributed by atoms with Crippen molar-refractivity contribution in [2.75, 3.05) is 13.2 Å². The molecular formula is C27H27F3N4O2. The number of benzene rings is 2. The smallest absolute Gasteiger partial charge is 0.396 e. The molecule has 9 heteroatoms. The van der Waals surface area contributed by atoms with Gasteiger partial charge in [-0.15, -0.1) is 0 Å². The number of nitrogens with one attached hydrogen (secondary N) is 1. The molecule has 188 valence electrons. The van der Waals surface area contributed by atoms with Crippen molar-refractivity contribution in [3.05, 3.63) is 89.9 Å². The molecule has 4 aromatic rings. The van der Waals surface area contributed by atoms with Crippen LogP contribution in [0.4, 0.5) is 13.2 Å². The Morgan fingerprint density at radius 3 is 2.42 bits per heavy atom. The van der Waals surface area contributed by atoms with Crippen LogP contribution in [0.25, 0.3) is 16.8 Å². The first-order chi connectivity index (χ1) is 17.2. The molecule has 0 aliphatic heterocycles. The highest BCUT2D eigenvalue weighted by Gasteiger charge is 2.38. The number of alkyl halides is 3. The molecule has 2 N–H and O–H groups in total. The molecule has 36 heavy (non-hydrogen) atoms. The Morgan fingerprint density at radius 1 is 1.03 bits per heavy atom. The van der Waals surface area contributed by atoms with Gasteiger partial charge in [0.2, 0.25) is 5.91 Å². The Balaban J connectivity index is 1.75. The fourth-order valence-corrected chi connectivity index (χ4v) is 4.28. The van der Waals surface area contributed by atoms with Crippen LogP contribution in [0.3, 0.4) is 0 Å². The zero-order chi connectivity index (χ0) is 25.8. The van der Waals surface area contributed by atoms with Gasteiger partial charge in [0.1, 0.15) is 0 Å². The summed E-state index contributed by atoms with van der Waals surface area (Å²) in [5.41, 5.74) is 1.37. The highest BCUT2D eigenvalue weighted by atomic mass is 19.4. The Labute approximate surface area is 206 Å². The van der Waals surface area contributed by atoms with Crippen molar-refractivity contribution in [1.82, 2.24) is 19.9 Å². The van der Waals surface area contributed by atoms with E-state index in [9.17, 15) is 18.0 Å². The molecule has 1 amide bonds. The monoisotopic (exact) mass is 496 g/mol. The van der Waals surface area contributed by atoms with Gasteiger partial charge in [-0.25, -0.2) is 9.50 Å². The minimum absolute atomic E-state index is 0.0577. The normalized spacial score (nSPS) is 13.5. The first-order valence-electron chi connectivity index (χ1n) is 11.7. The number of carbonyl (C=O) groups is 1. The van der Waals surface area contributed by atoms with E-state index >= 15 is 0 Å². The van der Waals surface area contributed by atoms with E-state index in [1.54, 1.807) is 23.0 Å². The summed E-state index contributed by atoms with van der Waals surface area (Å²) in [6.07, 6.45) is 0.349. The number of unbranched alkanes of at least 4 members (excludes halogenated alkanes) is 1. The molecule has 2 aromatic carbocycles. The molecule has 0 spiro atoms. The number of aliphatic hydroxyl groups excluding tert-OH is 1. The largest absolute Gasteiger partial charge is 0.416 e.